The zero-order valence-electron chi connectivity index (χ0n) is 14.1. The minimum atomic E-state index is -0.0490. The van der Waals surface area contributed by atoms with Crippen LogP contribution in [0, 0.1) is 0 Å². The fraction of sp³-hybridized carbons (Fsp3) is 0.350. The van der Waals surface area contributed by atoms with E-state index in [-0.39, 0.29) is 6.03 Å². The van der Waals surface area contributed by atoms with Gasteiger partial charge in [0.25, 0.3) is 0 Å². The summed E-state index contributed by atoms with van der Waals surface area (Å²) in [6.45, 7) is 3.85. The molecule has 0 fully saturated rings. The quantitative estimate of drug-likeness (QED) is 0.850. The van der Waals surface area contributed by atoms with Gasteiger partial charge in [0.2, 0.25) is 0 Å². The van der Waals surface area contributed by atoms with Gasteiger partial charge in [0.1, 0.15) is 12.4 Å². The van der Waals surface area contributed by atoms with Crippen molar-refractivity contribution in [3.8, 4) is 5.75 Å². The minimum Gasteiger partial charge on any atom is -0.492 e. The minimum absolute atomic E-state index is 0.0490. The van der Waals surface area contributed by atoms with E-state index in [2.05, 4.69) is 30.4 Å². The zero-order chi connectivity index (χ0) is 16.8. The Balaban J connectivity index is 1.48. The molecule has 126 valence electrons. The van der Waals surface area contributed by atoms with Gasteiger partial charge in [-0.1, -0.05) is 37.3 Å². The molecule has 2 amide bonds. The van der Waals surface area contributed by atoms with Gasteiger partial charge < -0.3 is 10.1 Å². The fourth-order valence-electron chi connectivity index (χ4n) is 2.99. The van der Waals surface area contributed by atoms with E-state index in [9.17, 15) is 4.79 Å². The number of hydrogen-bond acceptors (Lipinski definition) is 2. The van der Waals surface area contributed by atoms with E-state index in [0.717, 1.165) is 37.2 Å². The van der Waals surface area contributed by atoms with E-state index in [4.69, 9.17) is 4.74 Å². The molecule has 2 aromatic carbocycles. The van der Waals surface area contributed by atoms with Crippen molar-refractivity contribution in [2.75, 3.05) is 24.6 Å². The number of ether oxygens (including phenoxy) is 1. The van der Waals surface area contributed by atoms with Crippen LogP contribution in [-0.2, 0) is 12.8 Å². The first-order valence-electron chi connectivity index (χ1n) is 8.63. The molecule has 0 radical (unpaired) electrons. The molecule has 1 aliphatic heterocycles. The number of anilines is 1. The number of benzene rings is 2. The second-order valence-corrected chi connectivity index (χ2v) is 5.96. The molecule has 2 aromatic rings. The second-order valence-electron chi connectivity index (χ2n) is 5.96. The maximum absolute atomic E-state index is 12.4. The molecule has 1 heterocycles. The number of fused-ring (bicyclic) bond motifs is 1. The Morgan fingerprint density at radius 2 is 1.96 bits per heavy atom. The van der Waals surface area contributed by atoms with Crippen LogP contribution in [0.15, 0.2) is 48.5 Å². The molecule has 0 spiro atoms. The molecule has 0 saturated carbocycles. The molecule has 0 aliphatic carbocycles. The van der Waals surface area contributed by atoms with Crippen LogP contribution in [0.3, 0.4) is 0 Å². The Hall–Kier alpha value is -2.49. The number of carbonyl (C=O) groups is 1. The van der Waals surface area contributed by atoms with Crippen molar-refractivity contribution >= 4 is 11.7 Å². The molecule has 0 unspecified atom stereocenters. The van der Waals surface area contributed by atoms with Crippen molar-refractivity contribution in [1.29, 1.82) is 0 Å². The monoisotopic (exact) mass is 324 g/mol. The van der Waals surface area contributed by atoms with Crippen LogP contribution in [0.4, 0.5) is 10.5 Å². The predicted molar refractivity (Wildman–Crippen MR) is 96.8 cm³/mol. The number of carbonyl (C=O) groups excluding carboxylic acids is 1. The smallest absolute Gasteiger partial charge is 0.321 e. The van der Waals surface area contributed by atoms with E-state index in [0.29, 0.717) is 13.2 Å². The lowest BCUT2D eigenvalue weighted by Crippen LogP contribution is -2.44. The van der Waals surface area contributed by atoms with Crippen LogP contribution >= 0.6 is 0 Å². The molecule has 24 heavy (non-hydrogen) atoms. The van der Waals surface area contributed by atoms with Gasteiger partial charge in [-0.3, -0.25) is 4.90 Å². The van der Waals surface area contributed by atoms with E-state index in [1.165, 1.54) is 11.1 Å². The maximum atomic E-state index is 12.4. The average Bonchev–Trinajstić information content (AvgIpc) is 2.65. The van der Waals surface area contributed by atoms with Crippen LogP contribution in [0.2, 0.25) is 0 Å². The summed E-state index contributed by atoms with van der Waals surface area (Å²) in [6, 6.07) is 16.1. The van der Waals surface area contributed by atoms with Crippen molar-refractivity contribution in [3.05, 3.63) is 59.7 Å². The van der Waals surface area contributed by atoms with Crippen molar-refractivity contribution in [1.82, 2.24) is 5.32 Å². The molecule has 4 heteroatoms. The van der Waals surface area contributed by atoms with Gasteiger partial charge in [-0.15, -0.1) is 0 Å². The maximum Gasteiger partial charge on any atom is 0.321 e. The van der Waals surface area contributed by atoms with Crippen molar-refractivity contribution in [2.45, 2.75) is 26.2 Å². The highest BCUT2D eigenvalue weighted by atomic mass is 16.5. The molecule has 0 aromatic heterocycles. The Morgan fingerprint density at radius 1 is 1.17 bits per heavy atom. The Bertz CT molecular complexity index is 682. The van der Waals surface area contributed by atoms with E-state index >= 15 is 0 Å². The highest BCUT2D eigenvalue weighted by Gasteiger charge is 2.21. The number of para-hydroxylation sites is 1. The summed E-state index contributed by atoms with van der Waals surface area (Å²) in [6.07, 6.45) is 3.06. The lowest BCUT2D eigenvalue weighted by atomic mass is 10.0. The van der Waals surface area contributed by atoms with Gasteiger partial charge in [0.05, 0.1) is 6.54 Å². The summed E-state index contributed by atoms with van der Waals surface area (Å²) in [5, 5.41) is 2.95. The van der Waals surface area contributed by atoms with Gasteiger partial charge in [0, 0.05) is 12.2 Å². The standard InChI is InChI=1S/C20H24N2O2/c1-2-16-9-11-18(12-10-16)24-15-13-21-20(23)22-14-5-7-17-6-3-4-8-19(17)22/h3-4,6,8-12H,2,5,7,13-15H2,1H3,(H,21,23). The number of hydrogen-bond donors (Lipinski definition) is 1. The molecule has 1 aliphatic rings. The number of aryl methyl sites for hydroxylation is 2. The molecule has 3 rings (SSSR count). The summed E-state index contributed by atoms with van der Waals surface area (Å²) in [4.78, 5) is 14.2. The van der Waals surface area contributed by atoms with E-state index in [1.54, 1.807) is 0 Å². The second kappa shape index (κ2) is 7.86. The van der Waals surface area contributed by atoms with Crippen LogP contribution in [-0.4, -0.2) is 25.7 Å². The molecule has 4 nitrogen and oxygen atoms in total. The van der Waals surface area contributed by atoms with Crippen LogP contribution in [0.1, 0.15) is 24.5 Å². The molecule has 0 atom stereocenters. The molecule has 0 bridgehead atoms. The first-order valence-corrected chi connectivity index (χ1v) is 8.63. The third-order valence-corrected chi connectivity index (χ3v) is 4.33. The molecule has 1 N–H and O–H groups in total. The van der Waals surface area contributed by atoms with Crippen molar-refractivity contribution in [2.24, 2.45) is 0 Å². The summed E-state index contributed by atoms with van der Waals surface area (Å²) in [5.41, 5.74) is 3.56. The highest BCUT2D eigenvalue weighted by Crippen LogP contribution is 2.26. The van der Waals surface area contributed by atoms with Gasteiger partial charge in [-0.2, -0.15) is 0 Å². The number of nitrogens with zero attached hydrogens (tertiary/aromatic N) is 1. The van der Waals surface area contributed by atoms with Gasteiger partial charge >= 0.3 is 6.03 Å². The summed E-state index contributed by atoms with van der Waals surface area (Å²) >= 11 is 0. The topological polar surface area (TPSA) is 41.6 Å². The Labute approximate surface area is 143 Å². The van der Waals surface area contributed by atoms with Gasteiger partial charge in [-0.05, 0) is 48.6 Å². The number of nitrogens with one attached hydrogen (secondary N) is 1. The number of amides is 2. The summed E-state index contributed by atoms with van der Waals surface area (Å²) < 4.78 is 5.68. The first kappa shape index (κ1) is 16.4. The zero-order valence-corrected chi connectivity index (χ0v) is 14.1. The first-order chi connectivity index (χ1) is 11.8. The predicted octanol–water partition coefficient (Wildman–Crippen LogP) is 3.79. The lowest BCUT2D eigenvalue weighted by molar-refractivity contribution is 0.241. The Kier molecular flexibility index (Phi) is 5.36. The third-order valence-electron chi connectivity index (χ3n) is 4.33. The summed E-state index contributed by atoms with van der Waals surface area (Å²) in [7, 11) is 0. The normalized spacial score (nSPS) is 13.3. The SMILES string of the molecule is CCc1ccc(OCCNC(=O)N2CCCc3ccccc32)cc1. The molecular formula is C20H24N2O2. The summed E-state index contributed by atoms with van der Waals surface area (Å²) in [5.74, 6) is 0.838. The molecule has 0 saturated heterocycles. The van der Waals surface area contributed by atoms with E-state index < -0.39 is 0 Å². The lowest BCUT2D eigenvalue weighted by Gasteiger charge is -2.29. The van der Waals surface area contributed by atoms with Crippen LogP contribution < -0.4 is 15.0 Å². The van der Waals surface area contributed by atoms with Gasteiger partial charge in [0.15, 0.2) is 0 Å². The largest absolute Gasteiger partial charge is 0.492 e. The Morgan fingerprint density at radius 3 is 2.75 bits per heavy atom. The van der Waals surface area contributed by atoms with Crippen molar-refractivity contribution < 1.29 is 9.53 Å². The number of rotatable bonds is 5. The van der Waals surface area contributed by atoms with Crippen LogP contribution in [0.5, 0.6) is 5.75 Å². The van der Waals surface area contributed by atoms with Gasteiger partial charge in [-0.25, -0.2) is 4.79 Å². The number of urea groups is 1. The fourth-order valence-corrected chi connectivity index (χ4v) is 2.99. The van der Waals surface area contributed by atoms with Crippen molar-refractivity contribution in [3.63, 3.8) is 0 Å². The molecular weight excluding hydrogens is 300 g/mol. The van der Waals surface area contributed by atoms with Crippen LogP contribution in [0.25, 0.3) is 0 Å². The van der Waals surface area contributed by atoms with E-state index in [1.807, 2.05) is 35.2 Å². The highest BCUT2D eigenvalue weighted by molar-refractivity contribution is 5.93. The average molecular weight is 324 g/mol. The third kappa shape index (κ3) is 3.88.